The molecule has 1 amide bonds. The van der Waals surface area contributed by atoms with Gasteiger partial charge in [0.05, 0.1) is 13.2 Å². The summed E-state index contributed by atoms with van der Waals surface area (Å²) >= 11 is 1.32. The second-order valence-electron chi connectivity index (χ2n) is 9.02. The van der Waals surface area contributed by atoms with Crippen LogP contribution in [0.4, 0.5) is 10.3 Å². The summed E-state index contributed by atoms with van der Waals surface area (Å²) in [5, 5.41) is 8.31. The quantitative estimate of drug-likeness (QED) is 0.433. The summed E-state index contributed by atoms with van der Waals surface area (Å²) in [6, 6.07) is 13.4. The third-order valence-corrected chi connectivity index (χ3v) is 7.34. The highest BCUT2D eigenvalue weighted by Crippen LogP contribution is 2.37. The van der Waals surface area contributed by atoms with Crippen LogP contribution in [0.2, 0.25) is 0 Å². The number of ether oxygens (including phenoxy) is 2. The zero-order valence-corrected chi connectivity index (χ0v) is 22.0. The van der Waals surface area contributed by atoms with E-state index in [1.807, 2.05) is 19.1 Å². The molecule has 198 valence electrons. The van der Waals surface area contributed by atoms with Crippen molar-refractivity contribution in [1.82, 2.24) is 19.7 Å². The van der Waals surface area contributed by atoms with Crippen LogP contribution in [0.25, 0.3) is 0 Å². The molecule has 11 heteroatoms. The molecule has 0 radical (unpaired) electrons. The van der Waals surface area contributed by atoms with Crippen molar-refractivity contribution in [2.75, 3.05) is 38.2 Å². The number of amides is 1. The fourth-order valence-electron chi connectivity index (χ4n) is 4.51. The largest absolute Gasteiger partial charge is 0.484 e. The van der Waals surface area contributed by atoms with Crippen LogP contribution in [-0.4, -0.2) is 64.3 Å². The topological polar surface area (TPSA) is 98.6 Å². The van der Waals surface area contributed by atoms with Crippen LogP contribution >= 0.6 is 11.8 Å². The van der Waals surface area contributed by atoms with Crippen molar-refractivity contribution in [3.8, 4) is 5.75 Å². The molecule has 2 aliphatic heterocycles. The molecule has 0 bridgehead atoms. The van der Waals surface area contributed by atoms with Crippen molar-refractivity contribution in [3.05, 3.63) is 76.7 Å². The molecular weight excluding hydrogens is 509 g/mol. The van der Waals surface area contributed by atoms with Gasteiger partial charge in [-0.2, -0.15) is 4.98 Å². The van der Waals surface area contributed by atoms with Gasteiger partial charge >= 0.3 is 0 Å². The van der Waals surface area contributed by atoms with E-state index in [2.05, 4.69) is 15.4 Å². The van der Waals surface area contributed by atoms with Crippen molar-refractivity contribution in [3.63, 3.8) is 0 Å². The number of fused-ring (bicyclic) bond motifs is 1. The van der Waals surface area contributed by atoms with E-state index in [9.17, 15) is 14.0 Å². The lowest BCUT2D eigenvalue weighted by atomic mass is 9.93. The number of anilines is 1. The molecule has 1 unspecified atom stereocenters. The second-order valence-corrected chi connectivity index (χ2v) is 9.96. The van der Waals surface area contributed by atoms with Crippen molar-refractivity contribution in [2.24, 2.45) is 0 Å². The van der Waals surface area contributed by atoms with Gasteiger partial charge in [-0.25, -0.2) is 9.07 Å². The Morgan fingerprint density at radius 3 is 2.61 bits per heavy atom. The highest BCUT2D eigenvalue weighted by Gasteiger charge is 2.32. The number of ketones is 1. The molecule has 0 aliphatic carbocycles. The number of benzene rings is 2. The average molecular weight is 538 g/mol. The van der Waals surface area contributed by atoms with Crippen molar-refractivity contribution >= 4 is 29.4 Å². The molecule has 5 rings (SSSR count). The van der Waals surface area contributed by atoms with Gasteiger partial charge in [0.25, 0.3) is 5.91 Å². The van der Waals surface area contributed by atoms with Crippen molar-refractivity contribution < 1.29 is 23.5 Å². The highest BCUT2D eigenvalue weighted by atomic mass is 32.2. The third kappa shape index (κ3) is 5.58. The van der Waals surface area contributed by atoms with E-state index in [0.29, 0.717) is 65.7 Å². The molecule has 1 atom stereocenters. The average Bonchev–Trinajstić information content (AvgIpc) is 3.33. The maximum Gasteiger partial charge on any atom is 0.260 e. The van der Waals surface area contributed by atoms with Crippen LogP contribution < -0.4 is 10.1 Å². The number of allylic oxidation sites excluding steroid dienone is 2. The Labute approximate surface area is 224 Å². The number of Topliss-reactive ketones (excluding diaryl/α,β-unsaturated/α-hetero) is 1. The summed E-state index contributed by atoms with van der Waals surface area (Å²) in [5.41, 5.74) is 2.66. The van der Waals surface area contributed by atoms with E-state index < -0.39 is 6.04 Å². The number of carbonyl (C=O) groups is 2. The molecule has 3 aromatic rings. The summed E-state index contributed by atoms with van der Waals surface area (Å²) in [6.07, 6.45) is 0. The molecular formula is C27H28FN5O4S. The molecule has 0 spiro atoms. The van der Waals surface area contributed by atoms with E-state index in [1.54, 1.807) is 39.9 Å². The summed E-state index contributed by atoms with van der Waals surface area (Å²) < 4.78 is 26.8. The Hall–Kier alpha value is -3.70. The zero-order valence-electron chi connectivity index (χ0n) is 21.1. The summed E-state index contributed by atoms with van der Waals surface area (Å²) in [6.45, 7) is 5.51. The summed E-state index contributed by atoms with van der Waals surface area (Å²) in [5.74, 6) is 0.991. The smallest absolute Gasteiger partial charge is 0.260 e. The molecule has 38 heavy (non-hydrogen) atoms. The molecule has 3 heterocycles. The number of carbonyl (C=O) groups excluding carboxylic acids is 2. The fourth-order valence-corrected chi connectivity index (χ4v) is 5.33. The molecule has 2 aromatic carbocycles. The number of morpholine rings is 1. The maximum atomic E-state index is 14.1. The Balaban J connectivity index is 1.34. The standard InChI is InChI=1S/C27H28FN5O4S/c1-17-24(18(2)34)25(19-7-9-21(10-8-19)37-15-23(35)32-11-13-36-14-12-32)33-26(29-17)30-27(31-33)38-16-20-5-3-4-6-22(20)28/h3-10,25H,11-16H2,1-2H3,(H,29,30,31). The van der Waals surface area contributed by atoms with Gasteiger partial charge in [0.15, 0.2) is 12.4 Å². The maximum absolute atomic E-state index is 14.1. The van der Waals surface area contributed by atoms with Crippen LogP contribution in [0.3, 0.4) is 0 Å². The molecule has 1 aromatic heterocycles. The van der Waals surface area contributed by atoms with Gasteiger partial charge in [0.1, 0.15) is 17.6 Å². The Morgan fingerprint density at radius 1 is 1.16 bits per heavy atom. The minimum absolute atomic E-state index is 0.0553. The first-order valence-corrected chi connectivity index (χ1v) is 13.3. The van der Waals surface area contributed by atoms with Crippen molar-refractivity contribution in [1.29, 1.82) is 0 Å². The van der Waals surface area contributed by atoms with E-state index in [0.717, 1.165) is 5.56 Å². The van der Waals surface area contributed by atoms with Gasteiger partial charge in [-0.1, -0.05) is 42.1 Å². The molecule has 0 saturated carbocycles. The predicted octanol–water partition coefficient (Wildman–Crippen LogP) is 3.83. The molecule has 2 aliphatic rings. The van der Waals surface area contributed by atoms with Crippen LogP contribution in [-0.2, 0) is 20.1 Å². The van der Waals surface area contributed by atoms with Crippen LogP contribution in [0.15, 0.2) is 65.0 Å². The van der Waals surface area contributed by atoms with Crippen molar-refractivity contribution in [2.45, 2.75) is 30.8 Å². The van der Waals surface area contributed by atoms with Crippen LogP contribution in [0.5, 0.6) is 5.75 Å². The monoisotopic (exact) mass is 537 g/mol. The SMILES string of the molecule is CC(=O)C1=C(C)Nc2nc(SCc3ccccc3F)nn2C1c1ccc(OCC(=O)N2CCOCC2)cc1. The summed E-state index contributed by atoms with van der Waals surface area (Å²) in [4.78, 5) is 31.4. The van der Waals surface area contributed by atoms with E-state index in [1.165, 1.54) is 24.8 Å². The first-order chi connectivity index (χ1) is 18.4. The van der Waals surface area contributed by atoms with Gasteiger partial charge in [-0.15, -0.1) is 5.10 Å². The zero-order chi connectivity index (χ0) is 26.6. The first kappa shape index (κ1) is 25.9. The number of aromatic nitrogens is 3. The molecule has 9 nitrogen and oxygen atoms in total. The Bertz CT molecular complexity index is 1370. The van der Waals surface area contributed by atoms with E-state index >= 15 is 0 Å². The number of hydrogen-bond donors (Lipinski definition) is 1. The lowest BCUT2D eigenvalue weighted by molar-refractivity contribution is -0.137. The molecule has 1 saturated heterocycles. The fraction of sp³-hybridized carbons (Fsp3) is 0.333. The minimum Gasteiger partial charge on any atom is -0.484 e. The number of halogens is 1. The minimum atomic E-state index is -0.497. The lowest BCUT2D eigenvalue weighted by Crippen LogP contribution is -2.42. The van der Waals surface area contributed by atoms with E-state index in [-0.39, 0.29) is 24.1 Å². The first-order valence-electron chi connectivity index (χ1n) is 12.3. The number of rotatable bonds is 8. The number of nitrogens with one attached hydrogen (secondary N) is 1. The molecule has 1 fully saturated rings. The normalized spacial score (nSPS) is 17.1. The van der Waals surface area contributed by atoms with Gasteiger partial charge in [-0.05, 0) is 43.2 Å². The lowest BCUT2D eigenvalue weighted by Gasteiger charge is -2.28. The van der Waals surface area contributed by atoms with Crippen LogP contribution in [0.1, 0.15) is 31.0 Å². The van der Waals surface area contributed by atoms with Gasteiger partial charge < -0.3 is 19.7 Å². The Morgan fingerprint density at radius 2 is 1.89 bits per heavy atom. The van der Waals surface area contributed by atoms with E-state index in [4.69, 9.17) is 9.47 Å². The summed E-state index contributed by atoms with van der Waals surface area (Å²) in [7, 11) is 0. The van der Waals surface area contributed by atoms with Gasteiger partial charge in [0, 0.05) is 30.1 Å². The van der Waals surface area contributed by atoms with Gasteiger partial charge in [0.2, 0.25) is 11.1 Å². The Kier molecular flexibility index (Phi) is 7.75. The molecule has 1 N–H and O–H groups in total. The van der Waals surface area contributed by atoms with Gasteiger partial charge in [-0.3, -0.25) is 9.59 Å². The number of hydrogen-bond acceptors (Lipinski definition) is 8. The number of nitrogens with zero attached hydrogens (tertiary/aromatic N) is 4. The highest BCUT2D eigenvalue weighted by molar-refractivity contribution is 7.98. The van der Waals surface area contributed by atoms with Crippen LogP contribution in [0, 0.1) is 5.82 Å². The number of thioether (sulfide) groups is 1. The third-order valence-electron chi connectivity index (χ3n) is 6.45. The second kappa shape index (κ2) is 11.4. The predicted molar refractivity (Wildman–Crippen MR) is 140 cm³/mol.